The monoisotopic (exact) mass is 361 g/mol. The molecule has 0 spiro atoms. The number of hydrazine groups is 1. The summed E-state index contributed by atoms with van der Waals surface area (Å²) in [5, 5.41) is 0. The number of hydrogen-bond donors (Lipinski definition) is 2. The summed E-state index contributed by atoms with van der Waals surface area (Å²) >= 11 is 0. The Morgan fingerprint density at radius 1 is 1.19 bits per heavy atom. The number of amides is 3. The lowest BCUT2D eigenvalue weighted by Gasteiger charge is -2.38. The summed E-state index contributed by atoms with van der Waals surface area (Å²) in [5.74, 6) is -1.05. The zero-order valence-electron chi connectivity index (χ0n) is 15.3. The van der Waals surface area contributed by atoms with Crippen molar-refractivity contribution in [1.82, 2.24) is 10.9 Å². The SMILES string of the molecule is CCCC(=O)c1ccc2c(c1)N(CC(=O)NNC(C)=O)C(=O)C(C)(C)O2. The molecule has 8 nitrogen and oxygen atoms in total. The maximum atomic E-state index is 12.7. The molecule has 0 saturated carbocycles. The number of rotatable bonds is 5. The molecule has 1 aromatic rings. The molecule has 0 aromatic heterocycles. The van der Waals surface area contributed by atoms with Crippen LogP contribution in [0.1, 0.15) is 50.9 Å². The number of Topliss-reactive ketones (excluding diaryl/α,β-unsaturated/α-hetero) is 1. The van der Waals surface area contributed by atoms with Gasteiger partial charge in [-0.25, -0.2) is 0 Å². The van der Waals surface area contributed by atoms with Crippen molar-refractivity contribution < 1.29 is 23.9 Å². The highest BCUT2D eigenvalue weighted by atomic mass is 16.5. The Morgan fingerprint density at radius 2 is 1.88 bits per heavy atom. The molecule has 140 valence electrons. The number of nitrogens with zero attached hydrogens (tertiary/aromatic N) is 1. The van der Waals surface area contributed by atoms with Crippen molar-refractivity contribution in [2.45, 2.75) is 46.1 Å². The first-order chi connectivity index (χ1) is 12.2. The topological polar surface area (TPSA) is 105 Å². The highest BCUT2D eigenvalue weighted by molar-refractivity contribution is 6.07. The number of ether oxygens (including phenoxy) is 1. The van der Waals surface area contributed by atoms with Crippen LogP contribution in [0.2, 0.25) is 0 Å². The third-order valence-corrected chi connectivity index (χ3v) is 3.85. The lowest BCUT2D eigenvalue weighted by atomic mass is 10.0. The molecule has 0 saturated heterocycles. The van der Waals surface area contributed by atoms with Crippen LogP contribution < -0.4 is 20.5 Å². The number of carbonyl (C=O) groups excluding carboxylic acids is 4. The van der Waals surface area contributed by atoms with E-state index in [1.54, 1.807) is 32.0 Å². The quantitative estimate of drug-likeness (QED) is 0.608. The van der Waals surface area contributed by atoms with Gasteiger partial charge in [0.2, 0.25) is 5.91 Å². The van der Waals surface area contributed by atoms with E-state index in [2.05, 4.69) is 10.9 Å². The highest BCUT2D eigenvalue weighted by Gasteiger charge is 2.41. The van der Waals surface area contributed by atoms with Gasteiger partial charge in [-0.3, -0.25) is 34.9 Å². The van der Waals surface area contributed by atoms with E-state index in [0.717, 1.165) is 0 Å². The third-order valence-electron chi connectivity index (χ3n) is 3.85. The molecule has 0 aliphatic carbocycles. The van der Waals surface area contributed by atoms with Gasteiger partial charge in [0.25, 0.3) is 11.8 Å². The second-order valence-corrected chi connectivity index (χ2v) is 6.59. The van der Waals surface area contributed by atoms with Crippen LogP contribution in [0, 0.1) is 0 Å². The zero-order chi connectivity index (χ0) is 19.5. The molecule has 0 radical (unpaired) electrons. The molecule has 1 aliphatic rings. The first-order valence-corrected chi connectivity index (χ1v) is 8.39. The van der Waals surface area contributed by atoms with Crippen molar-refractivity contribution in [3.63, 3.8) is 0 Å². The van der Waals surface area contributed by atoms with E-state index in [-0.39, 0.29) is 12.3 Å². The lowest BCUT2D eigenvalue weighted by Crippen LogP contribution is -2.56. The number of nitrogens with one attached hydrogen (secondary N) is 2. The molecule has 0 atom stereocenters. The highest BCUT2D eigenvalue weighted by Crippen LogP contribution is 2.38. The van der Waals surface area contributed by atoms with Crippen LogP contribution in [0.3, 0.4) is 0 Å². The molecule has 3 amide bonds. The van der Waals surface area contributed by atoms with Crippen molar-refractivity contribution in [2.75, 3.05) is 11.4 Å². The summed E-state index contributed by atoms with van der Waals surface area (Å²) in [6, 6.07) is 4.84. The fraction of sp³-hybridized carbons (Fsp3) is 0.444. The van der Waals surface area contributed by atoms with E-state index in [1.807, 2.05) is 6.92 Å². The summed E-state index contributed by atoms with van der Waals surface area (Å²) < 4.78 is 5.73. The molecule has 0 fully saturated rings. The van der Waals surface area contributed by atoms with E-state index in [1.165, 1.54) is 11.8 Å². The minimum Gasteiger partial charge on any atom is -0.476 e. The van der Waals surface area contributed by atoms with Gasteiger partial charge in [0.15, 0.2) is 11.4 Å². The summed E-state index contributed by atoms with van der Waals surface area (Å²) in [6.07, 6.45) is 1.10. The largest absolute Gasteiger partial charge is 0.476 e. The molecular weight excluding hydrogens is 338 g/mol. The Hall–Kier alpha value is -2.90. The van der Waals surface area contributed by atoms with Gasteiger partial charge < -0.3 is 4.74 Å². The Bertz CT molecular complexity index is 757. The van der Waals surface area contributed by atoms with Crippen LogP contribution in [0.5, 0.6) is 5.75 Å². The van der Waals surface area contributed by atoms with Crippen molar-refractivity contribution in [1.29, 1.82) is 0 Å². The van der Waals surface area contributed by atoms with Gasteiger partial charge >= 0.3 is 0 Å². The van der Waals surface area contributed by atoms with E-state index in [4.69, 9.17) is 4.74 Å². The van der Waals surface area contributed by atoms with Crippen LogP contribution in [-0.4, -0.2) is 35.7 Å². The Morgan fingerprint density at radius 3 is 2.50 bits per heavy atom. The summed E-state index contributed by atoms with van der Waals surface area (Å²) in [6.45, 7) is 6.05. The Labute approximate surface area is 151 Å². The summed E-state index contributed by atoms with van der Waals surface area (Å²) in [4.78, 5) is 49.2. The number of hydrogen-bond acceptors (Lipinski definition) is 5. The second-order valence-electron chi connectivity index (χ2n) is 6.59. The fourth-order valence-corrected chi connectivity index (χ4v) is 2.61. The van der Waals surface area contributed by atoms with Crippen LogP contribution in [0.4, 0.5) is 5.69 Å². The molecule has 0 bridgehead atoms. The molecule has 0 unspecified atom stereocenters. The first-order valence-electron chi connectivity index (χ1n) is 8.39. The smallest absolute Gasteiger partial charge is 0.271 e. The summed E-state index contributed by atoms with van der Waals surface area (Å²) in [7, 11) is 0. The molecule has 26 heavy (non-hydrogen) atoms. The maximum Gasteiger partial charge on any atom is 0.271 e. The summed E-state index contributed by atoms with van der Waals surface area (Å²) in [5.41, 5.74) is 4.06. The first kappa shape index (κ1) is 19.4. The Kier molecular flexibility index (Phi) is 5.64. The van der Waals surface area contributed by atoms with Gasteiger partial charge in [-0.15, -0.1) is 0 Å². The average molecular weight is 361 g/mol. The average Bonchev–Trinajstić information content (AvgIpc) is 2.56. The molecule has 8 heteroatoms. The fourth-order valence-electron chi connectivity index (χ4n) is 2.61. The van der Waals surface area contributed by atoms with Crippen LogP contribution in [0.25, 0.3) is 0 Å². The number of carbonyl (C=O) groups is 4. The predicted octanol–water partition coefficient (Wildman–Crippen LogP) is 1.34. The standard InChI is InChI=1S/C18H23N3O5/c1-5-6-14(23)12-7-8-15-13(9-12)21(17(25)18(3,4)26-15)10-16(24)20-19-11(2)22/h7-9H,5-6,10H2,1-4H3,(H,19,22)(H,20,24). The molecular formula is C18H23N3O5. The van der Waals surface area contributed by atoms with Crippen molar-refractivity contribution in [3.05, 3.63) is 23.8 Å². The van der Waals surface area contributed by atoms with Gasteiger partial charge in [0, 0.05) is 18.9 Å². The molecule has 1 aromatic carbocycles. The predicted molar refractivity (Wildman–Crippen MR) is 94.7 cm³/mol. The van der Waals surface area contributed by atoms with E-state index >= 15 is 0 Å². The minimum atomic E-state index is -1.16. The van der Waals surface area contributed by atoms with Crippen LogP contribution in [0.15, 0.2) is 18.2 Å². The van der Waals surface area contributed by atoms with Gasteiger partial charge in [0.1, 0.15) is 12.3 Å². The van der Waals surface area contributed by atoms with Gasteiger partial charge in [-0.05, 0) is 38.5 Å². The van der Waals surface area contributed by atoms with E-state index in [9.17, 15) is 19.2 Å². The molecule has 2 N–H and O–H groups in total. The van der Waals surface area contributed by atoms with Gasteiger partial charge in [0.05, 0.1) is 5.69 Å². The van der Waals surface area contributed by atoms with Crippen LogP contribution >= 0.6 is 0 Å². The molecule has 1 heterocycles. The van der Waals surface area contributed by atoms with E-state index in [0.29, 0.717) is 29.8 Å². The Balaban J connectivity index is 2.35. The molecule has 2 rings (SSSR count). The number of anilines is 1. The molecule has 1 aliphatic heterocycles. The van der Waals surface area contributed by atoms with Gasteiger partial charge in [-0.1, -0.05) is 6.92 Å². The maximum absolute atomic E-state index is 12.7. The van der Waals surface area contributed by atoms with Crippen molar-refractivity contribution >= 4 is 29.2 Å². The normalized spacial score (nSPS) is 14.9. The minimum absolute atomic E-state index is 0.0461. The van der Waals surface area contributed by atoms with Crippen molar-refractivity contribution in [2.24, 2.45) is 0 Å². The van der Waals surface area contributed by atoms with Gasteiger partial charge in [-0.2, -0.15) is 0 Å². The number of fused-ring (bicyclic) bond motifs is 1. The third kappa shape index (κ3) is 4.19. The van der Waals surface area contributed by atoms with Crippen molar-refractivity contribution in [3.8, 4) is 5.75 Å². The second kappa shape index (κ2) is 7.55. The van der Waals surface area contributed by atoms with Crippen LogP contribution in [-0.2, 0) is 14.4 Å². The number of benzene rings is 1. The number of ketones is 1. The van der Waals surface area contributed by atoms with E-state index < -0.39 is 23.3 Å². The lowest BCUT2D eigenvalue weighted by molar-refractivity contribution is -0.134. The zero-order valence-corrected chi connectivity index (χ0v) is 15.3.